The summed E-state index contributed by atoms with van der Waals surface area (Å²) in [6.07, 6.45) is -0.0900. The Kier molecular flexibility index (Phi) is 5.33. The number of hydrogen-bond donors (Lipinski definition) is 1. The number of carbonyl (C=O) groups excluding carboxylic acids is 1. The van der Waals surface area contributed by atoms with Crippen LogP contribution in [0.3, 0.4) is 0 Å². The summed E-state index contributed by atoms with van der Waals surface area (Å²) in [5.41, 5.74) is 1.77. The molecule has 0 aliphatic carbocycles. The first-order valence-electron chi connectivity index (χ1n) is 8.22. The van der Waals surface area contributed by atoms with E-state index >= 15 is 0 Å². The van der Waals surface area contributed by atoms with E-state index in [9.17, 15) is 4.79 Å². The number of amides is 2. The number of ether oxygens (including phenoxy) is 2. The summed E-state index contributed by atoms with van der Waals surface area (Å²) in [6.45, 7) is 4.12. The monoisotopic (exact) mass is 326 g/mol. The molecule has 2 aromatic rings. The molecular formula is C19H22N2O3. The first kappa shape index (κ1) is 16.3. The highest BCUT2D eigenvalue weighted by Gasteiger charge is 2.25. The van der Waals surface area contributed by atoms with E-state index in [1.807, 2.05) is 61.5 Å². The number of nitrogens with one attached hydrogen (secondary N) is 1. The Morgan fingerprint density at radius 3 is 2.75 bits per heavy atom. The van der Waals surface area contributed by atoms with Gasteiger partial charge in [0.2, 0.25) is 0 Å². The third kappa shape index (κ3) is 3.86. The molecule has 0 aromatic heterocycles. The molecular weight excluding hydrogens is 304 g/mol. The first-order valence-corrected chi connectivity index (χ1v) is 8.22. The summed E-state index contributed by atoms with van der Waals surface area (Å²) in [7, 11) is 0. The minimum atomic E-state index is -0.133. The zero-order chi connectivity index (χ0) is 16.8. The van der Waals surface area contributed by atoms with Gasteiger partial charge in [0.05, 0.1) is 25.4 Å². The molecule has 0 spiro atoms. The number of anilines is 1. The fourth-order valence-corrected chi connectivity index (χ4v) is 2.75. The van der Waals surface area contributed by atoms with Crippen molar-refractivity contribution in [1.82, 2.24) is 4.90 Å². The normalized spacial score (nSPS) is 17.4. The SMILES string of the molecule is CCOc1ccccc1NC(=O)N1CCOC(c2ccccc2)C1. The molecule has 3 rings (SSSR count). The molecule has 2 aromatic carbocycles. The molecule has 1 unspecified atom stereocenters. The van der Waals surface area contributed by atoms with Crippen molar-refractivity contribution in [3.05, 3.63) is 60.2 Å². The van der Waals surface area contributed by atoms with Crippen molar-refractivity contribution in [3.8, 4) is 5.75 Å². The second-order valence-electron chi connectivity index (χ2n) is 5.58. The van der Waals surface area contributed by atoms with Crippen molar-refractivity contribution in [2.45, 2.75) is 13.0 Å². The summed E-state index contributed by atoms with van der Waals surface area (Å²) < 4.78 is 11.4. The van der Waals surface area contributed by atoms with Crippen LogP contribution in [0.5, 0.6) is 5.75 Å². The van der Waals surface area contributed by atoms with Gasteiger partial charge in [0.25, 0.3) is 0 Å². The number of carbonyl (C=O) groups is 1. The minimum Gasteiger partial charge on any atom is -0.492 e. The van der Waals surface area contributed by atoms with Crippen molar-refractivity contribution >= 4 is 11.7 Å². The van der Waals surface area contributed by atoms with Crippen LogP contribution in [0.25, 0.3) is 0 Å². The van der Waals surface area contributed by atoms with E-state index in [1.165, 1.54) is 0 Å². The maximum atomic E-state index is 12.6. The van der Waals surface area contributed by atoms with Gasteiger partial charge in [-0.2, -0.15) is 0 Å². The predicted octanol–water partition coefficient (Wildman–Crippen LogP) is 3.69. The highest BCUT2D eigenvalue weighted by atomic mass is 16.5. The molecule has 5 nitrogen and oxygen atoms in total. The molecule has 5 heteroatoms. The van der Waals surface area contributed by atoms with Crippen LogP contribution >= 0.6 is 0 Å². The molecule has 1 saturated heterocycles. The molecule has 0 radical (unpaired) electrons. The number of rotatable bonds is 4. The van der Waals surface area contributed by atoms with Gasteiger partial charge in [0, 0.05) is 6.54 Å². The van der Waals surface area contributed by atoms with Crippen LogP contribution in [0, 0.1) is 0 Å². The maximum Gasteiger partial charge on any atom is 0.322 e. The molecule has 24 heavy (non-hydrogen) atoms. The Hall–Kier alpha value is -2.53. The van der Waals surface area contributed by atoms with Crippen LogP contribution in [0.1, 0.15) is 18.6 Å². The summed E-state index contributed by atoms with van der Waals surface area (Å²) >= 11 is 0. The third-order valence-electron chi connectivity index (χ3n) is 3.95. The summed E-state index contributed by atoms with van der Waals surface area (Å²) in [5, 5.41) is 2.94. The highest BCUT2D eigenvalue weighted by Crippen LogP contribution is 2.26. The van der Waals surface area contributed by atoms with E-state index in [0.717, 1.165) is 5.56 Å². The van der Waals surface area contributed by atoms with Crippen LogP contribution < -0.4 is 10.1 Å². The smallest absolute Gasteiger partial charge is 0.322 e. The number of urea groups is 1. The van der Waals surface area contributed by atoms with E-state index in [1.54, 1.807) is 4.90 Å². The Labute approximate surface area is 142 Å². The Bertz CT molecular complexity index is 675. The standard InChI is InChI=1S/C19H22N2O3/c1-2-23-17-11-7-6-10-16(17)20-19(22)21-12-13-24-18(14-21)15-8-4-3-5-9-15/h3-11,18H,2,12-14H2,1H3,(H,20,22). The number of hydrogen-bond acceptors (Lipinski definition) is 3. The molecule has 126 valence electrons. The van der Waals surface area contributed by atoms with Gasteiger partial charge < -0.3 is 19.7 Å². The van der Waals surface area contributed by atoms with Gasteiger partial charge in [0.1, 0.15) is 11.9 Å². The Morgan fingerprint density at radius 2 is 1.96 bits per heavy atom. The summed E-state index contributed by atoms with van der Waals surface area (Å²) in [4.78, 5) is 14.4. The van der Waals surface area contributed by atoms with Crippen molar-refractivity contribution in [3.63, 3.8) is 0 Å². The molecule has 1 fully saturated rings. The molecule has 1 aliphatic rings. The van der Waals surface area contributed by atoms with Crippen LogP contribution in [0.15, 0.2) is 54.6 Å². The fourth-order valence-electron chi connectivity index (χ4n) is 2.75. The van der Waals surface area contributed by atoms with E-state index in [4.69, 9.17) is 9.47 Å². The third-order valence-corrected chi connectivity index (χ3v) is 3.95. The van der Waals surface area contributed by atoms with Gasteiger partial charge in [-0.1, -0.05) is 42.5 Å². The molecule has 1 aliphatic heterocycles. The Morgan fingerprint density at radius 1 is 1.21 bits per heavy atom. The van der Waals surface area contributed by atoms with E-state index < -0.39 is 0 Å². The molecule has 1 N–H and O–H groups in total. The summed E-state index contributed by atoms with van der Waals surface area (Å²) in [6, 6.07) is 17.3. The van der Waals surface area contributed by atoms with Gasteiger partial charge in [-0.05, 0) is 24.6 Å². The minimum absolute atomic E-state index is 0.0900. The molecule has 2 amide bonds. The van der Waals surface area contributed by atoms with Gasteiger partial charge >= 0.3 is 6.03 Å². The van der Waals surface area contributed by atoms with Gasteiger partial charge in [-0.25, -0.2) is 4.79 Å². The average Bonchev–Trinajstić information content (AvgIpc) is 2.64. The van der Waals surface area contributed by atoms with Crippen molar-refractivity contribution < 1.29 is 14.3 Å². The van der Waals surface area contributed by atoms with Crippen LogP contribution in [-0.2, 0) is 4.74 Å². The molecule has 0 bridgehead atoms. The zero-order valence-corrected chi connectivity index (χ0v) is 13.8. The van der Waals surface area contributed by atoms with Crippen LogP contribution in [0.4, 0.5) is 10.5 Å². The second kappa shape index (κ2) is 7.84. The van der Waals surface area contributed by atoms with Gasteiger partial charge in [0.15, 0.2) is 0 Å². The quantitative estimate of drug-likeness (QED) is 0.932. The molecule has 1 heterocycles. The topological polar surface area (TPSA) is 50.8 Å². The van der Waals surface area contributed by atoms with Crippen molar-refractivity contribution in [2.24, 2.45) is 0 Å². The number of benzene rings is 2. The van der Waals surface area contributed by atoms with E-state index in [-0.39, 0.29) is 12.1 Å². The lowest BCUT2D eigenvalue weighted by Gasteiger charge is -2.33. The molecule has 1 atom stereocenters. The lowest BCUT2D eigenvalue weighted by molar-refractivity contribution is -0.0135. The largest absolute Gasteiger partial charge is 0.492 e. The van der Waals surface area contributed by atoms with Crippen LogP contribution in [0.2, 0.25) is 0 Å². The number of nitrogens with zero attached hydrogens (tertiary/aromatic N) is 1. The zero-order valence-electron chi connectivity index (χ0n) is 13.8. The number of para-hydroxylation sites is 2. The predicted molar refractivity (Wildman–Crippen MR) is 93.3 cm³/mol. The lowest BCUT2D eigenvalue weighted by Crippen LogP contribution is -2.44. The highest BCUT2D eigenvalue weighted by molar-refractivity contribution is 5.91. The van der Waals surface area contributed by atoms with Crippen LogP contribution in [-0.4, -0.2) is 37.2 Å². The van der Waals surface area contributed by atoms with Crippen molar-refractivity contribution in [1.29, 1.82) is 0 Å². The maximum absolute atomic E-state index is 12.6. The second-order valence-corrected chi connectivity index (χ2v) is 5.58. The number of morpholine rings is 1. The molecule has 0 saturated carbocycles. The van der Waals surface area contributed by atoms with Gasteiger partial charge in [-0.15, -0.1) is 0 Å². The average molecular weight is 326 g/mol. The first-order chi connectivity index (χ1) is 11.8. The lowest BCUT2D eigenvalue weighted by atomic mass is 10.1. The summed E-state index contributed by atoms with van der Waals surface area (Å²) in [5.74, 6) is 0.682. The van der Waals surface area contributed by atoms with Gasteiger partial charge in [-0.3, -0.25) is 0 Å². The van der Waals surface area contributed by atoms with Crippen molar-refractivity contribution in [2.75, 3.05) is 31.6 Å². The Balaban J connectivity index is 1.67. The fraction of sp³-hybridized carbons (Fsp3) is 0.316. The van der Waals surface area contributed by atoms with E-state index in [2.05, 4.69) is 5.32 Å². The van der Waals surface area contributed by atoms with E-state index in [0.29, 0.717) is 37.7 Å².